The molecule has 4 nitrogen and oxygen atoms in total. The molecule has 2 N–H and O–H groups in total. The Morgan fingerprint density at radius 3 is 2.77 bits per heavy atom. The third-order valence-corrected chi connectivity index (χ3v) is 2.30. The number of nitrogens with one attached hydrogen (secondary N) is 2. The molecule has 76 valence electrons. The van der Waals surface area contributed by atoms with E-state index in [0.717, 1.165) is 0 Å². The van der Waals surface area contributed by atoms with Crippen LogP contribution in [0.5, 0.6) is 0 Å². The average molecular weight is 186 g/mol. The van der Waals surface area contributed by atoms with Gasteiger partial charge in [-0.15, -0.1) is 0 Å². The maximum atomic E-state index is 11.2. The Bertz CT molecular complexity index is 178. The zero-order valence-electron chi connectivity index (χ0n) is 8.35. The molecule has 0 radical (unpaired) electrons. The summed E-state index contributed by atoms with van der Waals surface area (Å²) >= 11 is 0. The van der Waals surface area contributed by atoms with Crippen LogP contribution in [0.3, 0.4) is 0 Å². The highest BCUT2D eigenvalue weighted by atomic mass is 16.5. The zero-order chi connectivity index (χ0) is 9.73. The number of rotatable bonds is 6. The van der Waals surface area contributed by atoms with Gasteiger partial charge in [-0.2, -0.15) is 0 Å². The van der Waals surface area contributed by atoms with Gasteiger partial charge in [0.05, 0.1) is 13.2 Å². The van der Waals surface area contributed by atoms with Crippen molar-refractivity contribution in [1.29, 1.82) is 0 Å². The number of methoxy groups -OCH3 is 1. The lowest BCUT2D eigenvalue weighted by Crippen LogP contribution is -2.40. The smallest absolute Gasteiger partial charge is 0.234 e. The number of ether oxygens (including phenoxy) is 1. The molecule has 13 heavy (non-hydrogen) atoms. The van der Waals surface area contributed by atoms with Crippen LogP contribution in [0, 0.1) is 0 Å². The second-order valence-electron chi connectivity index (χ2n) is 3.76. The second kappa shape index (κ2) is 4.58. The van der Waals surface area contributed by atoms with E-state index in [1.54, 1.807) is 7.11 Å². The summed E-state index contributed by atoms with van der Waals surface area (Å²) in [4.78, 5) is 11.2. The van der Waals surface area contributed by atoms with E-state index >= 15 is 0 Å². The molecule has 0 heterocycles. The van der Waals surface area contributed by atoms with Crippen LogP contribution in [-0.2, 0) is 9.53 Å². The monoisotopic (exact) mass is 186 g/mol. The summed E-state index contributed by atoms with van der Waals surface area (Å²) in [6.45, 7) is 3.71. The van der Waals surface area contributed by atoms with Crippen LogP contribution in [0.25, 0.3) is 0 Å². The fourth-order valence-corrected chi connectivity index (χ4v) is 1.01. The molecule has 0 bridgehead atoms. The Kier molecular flexibility index (Phi) is 3.69. The van der Waals surface area contributed by atoms with Crippen molar-refractivity contribution in [2.45, 2.75) is 25.3 Å². The fraction of sp³-hybridized carbons (Fsp3) is 0.889. The standard InChI is InChI=1S/C9H18N2O2/c1-9(3-4-9)11-7-8(12)10-5-6-13-2/h11H,3-7H2,1-2H3,(H,10,12). The number of hydrogen-bond acceptors (Lipinski definition) is 3. The predicted octanol–water partition coefficient (Wildman–Crippen LogP) is -0.109. The molecule has 1 saturated carbocycles. The summed E-state index contributed by atoms with van der Waals surface area (Å²) in [5, 5.41) is 5.96. The van der Waals surface area contributed by atoms with Crippen molar-refractivity contribution in [1.82, 2.24) is 10.6 Å². The van der Waals surface area contributed by atoms with Gasteiger partial charge in [-0.3, -0.25) is 4.79 Å². The highest BCUT2D eigenvalue weighted by Gasteiger charge is 2.36. The summed E-state index contributed by atoms with van der Waals surface area (Å²) in [6.07, 6.45) is 2.36. The molecule has 0 aliphatic heterocycles. The Morgan fingerprint density at radius 1 is 1.54 bits per heavy atom. The van der Waals surface area contributed by atoms with Crippen LogP contribution in [0.1, 0.15) is 19.8 Å². The molecule has 0 spiro atoms. The topological polar surface area (TPSA) is 50.4 Å². The van der Waals surface area contributed by atoms with Crippen LogP contribution < -0.4 is 10.6 Å². The minimum atomic E-state index is 0.0465. The van der Waals surface area contributed by atoms with Crippen LogP contribution in [0.2, 0.25) is 0 Å². The predicted molar refractivity (Wildman–Crippen MR) is 50.5 cm³/mol. The minimum absolute atomic E-state index is 0.0465. The van der Waals surface area contributed by atoms with Gasteiger partial charge < -0.3 is 15.4 Å². The largest absolute Gasteiger partial charge is 0.383 e. The summed E-state index contributed by atoms with van der Waals surface area (Å²) in [7, 11) is 1.62. The molecule has 1 fully saturated rings. The minimum Gasteiger partial charge on any atom is -0.383 e. The van der Waals surface area contributed by atoms with Crippen molar-refractivity contribution in [3.63, 3.8) is 0 Å². The van der Waals surface area contributed by atoms with Crippen molar-refractivity contribution < 1.29 is 9.53 Å². The van der Waals surface area contributed by atoms with E-state index in [-0.39, 0.29) is 11.4 Å². The van der Waals surface area contributed by atoms with Gasteiger partial charge in [0.1, 0.15) is 0 Å². The van der Waals surface area contributed by atoms with Gasteiger partial charge in [0.15, 0.2) is 0 Å². The molecular formula is C9H18N2O2. The molecule has 1 aliphatic carbocycles. The quantitative estimate of drug-likeness (QED) is 0.569. The maximum Gasteiger partial charge on any atom is 0.234 e. The van der Waals surface area contributed by atoms with E-state index in [9.17, 15) is 4.79 Å². The first-order valence-corrected chi connectivity index (χ1v) is 4.67. The van der Waals surface area contributed by atoms with Gasteiger partial charge in [0.25, 0.3) is 0 Å². The summed E-state index contributed by atoms with van der Waals surface area (Å²) < 4.78 is 4.81. The van der Waals surface area contributed by atoms with E-state index in [1.165, 1.54) is 12.8 Å². The number of carbonyl (C=O) groups excluding carboxylic acids is 1. The fourth-order valence-electron chi connectivity index (χ4n) is 1.01. The van der Waals surface area contributed by atoms with Gasteiger partial charge in [0, 0.05) is 19.2 Å². The third-order valence-electron chi connectivity index (χ3n) is 2.30. The van der Waals surface area contributed by atoms with Crippen LogP contribution in [0.15, 0.2) is 0 Å². The molecule has 1 amide bonds. The first-order chi connectivity index (χ1) is 6.16. The lowest BCUT2D eigenvalue weighted by molar-refractivity contribution is -0.120. The summed E-state index contributed by atoms with van der Waals surface area (Å²) in [5.74, 6) is 0.0465. The number of amides is 1. The van der Waals surface area contributed by atoms with E-state index in [0.29, 0.717) is 19.7 Å². The highest BCUT2D eigenvalue weighted by Crippen LogP contribution is 2.33. The lowest BCUT2D eigenvalue weighted by atomic mass is 10.3. The Hall–Kier alpha value is -0.610. The first kappa shape index (κ1) is 10.5. The maximum absolute atomic E-state index is 11.2. The van der Waals surface area contributed by atoms with E-state index in [2.05, 4.69) is 17.6 Å². The third kappa shape index (κ3) is 4.24. The molecule has 0 aromatic heterocycles. The molecule has 0 aromatic rings. The van der Waals surface area contributed by atoms with Gasteiger partial charge in [-0.25, -0.2) is 0 Å². The van der Waals surface area contributed by atoms with Crippen molar-refractivity contribution >= 4 is 5.91 Å². The number of carbonyl (C=O) groups is 1. The van der Waals surface area contributed by atoms with E-state index < -0.39 is 0 Å². The molecular weight excluding hydrogens is 168 g/mol. The van der Waals surface area contributed by atoms with Crippen molar-refractivity contribution in [2.24, 2.45) is 0 Å². The van der Waals surface area contributed by atoms with E-state index in [1.807, 2.05) is 0 Å². The van der Waals surface area contributed by atoms with Gasteiger partial charge >= 0.3 is 0 Å². The molecule has 0 atom stereocenters. The molecule has 0 saturated heterocycles. The van der Waals surface area contributed by atoms with Crippen LogP contribution >= 0.6 is 0 Å². The molecule has 4 heteroatoms. The lowest BCUT2D eigenvalue weighted by Gasteiger charge is -2.10. The highest BCUT2D eigenvalue weighted by molar-refractivity contribution is 5.78. The van der Waals surface area contributed by atoms with Crippen molar-refractivity contribution in [3.8, 4) is 0 Å². The second-order valence-corrected chi connectivity index (χ2v) is 3.76. The van der Waals surface area contributed by atoms with Gasteiger partial charge in [-0.05, 0) is 19.8 Å². The average Bonchev–Trinajstić information content (AvgIpc) is 2.82. The summed E-state index contributed by atoms with van der Waals surface area (Å²) in [6, 6.07) is 0. The normalized spacial score (nSPS) is 18.3. The molecule has 0 unspecified atom stereocenters. The number of hydrogen-bond donors (Lipinski definition) is 2. The van der Waals surface area contributed by atoms with Gasteiger partial charge in [-0.1, -0.05) is 0 Å². The molecule has 1 rings (SSSR count). The Labute approximate surface area is 79.0 Å². The zero-order valence-corrected chi connectivity index (χ0v) is 8.35. The molecule has 0 aromatic carbocycles. The Balaban J connectivity index is 1.97. The summed E-state index contributed by atoms with van der Waals surface area (Å²) in [5.41, 5.74) is 0.235. The van der Waals surface area contributed by atoms with Crippen LogP contribution in [-0.4, -0.2) is 38.3 Å². The molecule has 1 aliphatic rings. The van der Waals surface area contributed by atoms with Gasteiger partial charge in [0.2, 0.25) is 5.91 Å². The first-order valence-electron chi connectivity index (χ1n) is 4.67. The van der Waals surface area contributed by atoms with Crippen molar-refractivity contribution in [2.75, 3.05) is 26.8 Å². The SMILES string of the molecule is COCCNC(=O)CNC1(C)CC1. The Morgan fingerprint density at radius 2 is 2.23 bits per heavy atom. The van der Waals surface area contributed by atoms with E-state index in [4.69, 9.17) is 4.74 Å². The van der Waals surface area contributed by atoms with Crippen LogP contribution in [0.4, 0.5) is 0 Å². The van der Waals surface area contributed by atoms with Crippen molar-refractivity contribution in [3.05, 3.63) is 0 Å².